The molecular weight excluding hydrogens is 482 g/mol. The predicted molar refractivity (Wildman–Crippen MR) is 131 cm³/mol. The molecule has 1 fully saturated rings. The summed E-state index contributed by atoms with van der Waals surface area (Å²) in [5.41, 5.74) is 7.12. The molecule has 3 aromatic heterocycles. The minimum absolute atomic E-state index is 0.0667. The van der Waals surface area contributed by atoms with Crippen molar-refractivity contribution in [2.75, 3.05) is 18.0 Å². The number of nitrogens with two attached hydrogens (primary N) is 1. The maximum Gasteiger partial charge on any atom is 0.285 e. The largest absolute Gasteiger partial charge is 0.354 e. The first-order valence-corrected chi connectivity index (χ1v) is 12.2. The van der Waals surface area contributed by atoms with Crippen LogP contribution in [-0.4, -0.2) is 39.1 Å². The van der Waals surface area contributed by atoms with E-state index in [9.17, 15) is 13.6 Å². The van der Waals surface area contributed by atoms with Crippen LogP contribution in [0.3, 0.4) is 0 Å². The van der Waals surface area contributed by atoms with E-state index in [-0.39, 0.29) is 6.04 Å². The Bertz CT molecular complexity index is 1460. The first kappa shape index (κ1) is 23.1. The van der Waals surface area contributed by atoms with E-state index in [4.69, 9.17) is 22.3 Å². The van der Waals surface area contributed by atoms with Crippen molar-refractivity contribution in [3.8, 4) is 0 Å². The Balaban J connectivity index is 1.57. The van der Waals surface area contributed by atoms with Crippen molar-refractivity contribution in [1.29, 1.82) is 0 Å². The number of pyridine rings is 1. The summed E-state index contributed by atoms with van der Waals surface area (Å²) in [4.78, 5) is 30.8. The first-order valence-electron chi connectivity index (χ1n) is 11.0. The molecule has 1 saturated heterocycles. The zero-order valence-electron chi connectivity index (χ0n) is 18.6. The zero-order chi connectivity index (χ0) is 24.2. The summed E-state index contributed by atoms with van der Waals surface area (Å²) in [6.07, 6.45) is 1.59. The number of hydrogen-bond donors (Lipinski definition) is 3. The SMILES string of the molecule is CCc1[nH]c2nc(Sc3ccc4[nH]c(C(C)(F)F)cc(=O)c4c3)nc(N3CC[C@H](N)C3)c2c1Cl. The fourth-order valence-electron chi connectivity index (χ4n) is 4.20. The number of benzene rings is 1. The summed E-state index contributed by atoms with van der Waals surface area (Å²) in [6, 6.07) is 6.04. The molecule has 0 radical (unpaired) electrons. The van der Waals surface area contributed by atoms with Gasteiger partial charge in [-0.1, -0.05) is 18.5 Å². The highest BCUT2D eigenvalue weighted by molar-refractivity contribution is 7.99. The molecule has 0 spiro atoms. The Hall–Kier alpha value is -2.69. The smallest absolute Gasteiger partial charge is 0.285 e. The minimum Gasteiger partial charge on any atom is -0.354 e. The van der Waals surface area contributed by atoms with E-state index in [2.05, 4.69) is 19.9 Å². The second-order valence-corrected chi connectivity index (χ2v) is 9.98. The lowest BCUT2D eigenvalue weighted by Gasteiger charge is -2.18. The average molecular weight is 505 g/mol. The van der Waals surface area contributed by atoms with E-state index in [1.807, 2.05) is 6.92 Å². The summed E-state index contributed by atoms with van der Waals surface area (Å²) >= 11 is 7.94. The predicted octanol–water partition coefficient (Wildman–Crippen LogP) is 4.82. The lowest BCUT2D eigenvalue weighted by molar-refractivity contribution is 0.0130. The van der Waals surface area contributed by atoms with Gasteiger partial charge >= 0.3 is 0 Å². The van der Waals surface area contributed by atoms with Gasteiger partial charge in [-0.2, -0.15) is 0 Å². The normalized spacial score (nSPS) is 16.8. The summed E-state index contributed by atoms with van der Waals surface area (Å²) in [5.74, 6) is -2.40. The summed E-state index contributed by atoms with van der Waals surface area (Å²) in [6.45, 7) is 4.21. The number of H-pyrrole nitrogens is 2. The van der Waals surface area contributed by atoms with Crippen molar-refractivity contribution in [2.24, 2.45) is 5.73 Å². The molecule has 0 aliphatic carbocycles. The minimum atomic E-state index is -3.13. The maximum absolute atomic E-state index is 13.7. The van der Waals surface area contributed by atoms with Gasteiger partial charge in [0.15, 0.2) is 10.6 Å². The van der Waals surface area contributed by atoms with Crippen LogP contribution >= 0.6 is 23.4 Å². The monoisotopic (exact) mass is 504 g/mol. The summed E-state index contributed by atoms with van der Waals surface area (Å²) in [7, 11) is 0. The van der Waals surface area contributed by atoms with Crippen LogP contribution in [0.5, 0.6) is 0 Å². The quantitative estimate of drug-likeness (QED) is 0.337. The van der Waals surface area contributed by atoms with Crippen LogP contribution in [0.2, 0.25) is 5.02 Å². The Labute approximate surface area is 203 Å². The van der Waals surface area contributed by atoms with Crippen molar-refractivity contribution >= 4 is 51.1 Å². The molecule has 178 valence electrons. The van der Waals surface area contributed by atoms with E-state index in [1.54, 1.807) is 18.2 Å². The number of anilines is 1. The third-order valence-electron chi connectivity index (χ3n) is 5.98. The number of hydrogen-bond acceptors (Lipinski definition) is 6. The molecule has 11 heteroatoms. The van der Waals surface area contributed by atoms with Crippen LogP contribution < -0.4 is 16.1 Å². The van der Waals surface area contributed by atoms with Crippen molar-refractivity contribution < 1.29 is 8.78 Å². The summed E-state index contributed by atoms with van der Waals surface area (Å²) in [5, 5.41) is 2.20. The van der Waals surface area contributed by atoms with Crippen LogP contribution in [0.25, 0.3) is 21.9 Å². The van der Waals surface area contributed by atoms with Gasteiger partial charge in [0.2, 0.25) is 0 Å². The topological polar surface area (TPSA) is 104 Å². The van der Waals surface area contributed by atoms with Crippen LogP contribution in [-0.2, 0) is 12.3 Å². The average Bonchev–Trinajstić information content (AvgIpc) is 3.36. The number of fused-ring (bicyclic) bond motifs is 2. The molecule has 1 aliphatic heterocycles. The Kier molecular flexibility index (Phi) is 5.78. The van der Waals surface area contributed by atoms with E-state index >= 15 is 0 Å². The highest BCUT2D eigenvalue weighted by Crippen LogP contribution is 2.38. The fraction of sp³-hybridized carbons (Fsp3) is 0.348. The van der Waals surface area contributed by atoms with Crippen molar-refractivity contribution in [3.63, 3.8) is 0 Å². The van der Waals surface area contributed by atoms with E-state index in [0.717, 1.165) is 49.3 Å². The van der Waals surface area contributed by atoms with Gasteiger partial charge in [-0.25, -0.2) is 18.7 Å². The molecule has 0 unspecified atom stereocenters. The van der Waals surface area contributed by atoms with Crippen LogP contribution in [0.1, 0.15) is 31.7 Å². The van der Waals surface area contributed by atoms with Crippen LogP contribution in [0.15, 0.2) is 39.1 Å². The number of aromatic amines is 2. The van der Waals surface area contributed by atoms with Crippen LogP contribution in [0.4, 0.5) is 14.6 Å². The first-order chi connectivity index (χ1) is 16.1. The molecule has 4 N–H and O–H groups in total. The van der Waals surface area contributed by atoms with Gasteiger partial charge < -0.3 is 20.6 Å². The van der Waals surface area contributed by atoms with E-state index in [1.165, 1.54) is 11.8 Å². The molecule has 1 aromatic carbocycles. The Morgan fingerprint density at radius 1 is 1.29 bits per heavy atom. The molecule has 0 amide bonds. The molecule has 1 atom stereocenters. The highest BCUT2D eigenvalue weighted by atomic mass is 35.5. The van der Waals surface area contributed by atoms with Gasteiger partial charge in [0.05, 0.1) is 16.1 Å². The van der Waals surface area contributed by atoms with Gasteiger partial charge in [0, 0.05) is 53.6 Å². The van der Waals surface area contributed by atoms with Gasteiger partial charge in [-0.3, -0.25) is 4.79 Å². The zero-order valence-corrected chi connectivity index (χ0v) is 20.2. The second kappa shape index (κ2) is 8.51. The molecule has 0 bridgehead atoms. The highest BCUT2D eigenvalue weighted by Gasteiger charge is 2.27. The Morgan fingerprint density at radius 2 is 2.09 bits per heavy atom. The number of alkyl halides is 2. The van der Waals surface area contributed by atoms with Gasteiger partial charge in [0.25, 0.3) is 5.92 Å². The third-order valence-corrected chi connectivity index (χ3v) is 7.26. The number of halogens is 3. The number of rotatable bonds is 5. The van der Waals surface area contributed by atoms with E-state index in [0.29, 0.717) is 38.2 Å². The van der Waals surface area contributed by atoms with Gasteiger partial charge in [-0.05, 0) is 42.8 Å². The fourth-order valence-corrected chi connectivity index (χ4v) is 5.35. The standard InChI is InChI=1S/C23H23ClF2N6OS/c1-3-14-19(24)18-20(29-14)30-22(31-21(18)32-7-6-11(27)10-32)34-12-4-5-15-13(8-12)16(33)9-17(28-15)23(2,25)26/h4-5,8-9,11H,3,6-7,10,27H2,1-2H3,(H,28,33)(H,29,30,31)/t11-/m0/s1. The van der Waals surface area contributed by atoms with Crippen molar-refractivity contribution in [2.45, 2.75) is 48.7 Å². The van der Waals surface area contributed by atoms with Gasteiger partial charge in [-0.15, -0.1) is 0 Å². The number of nitrogens with zero attached hydrogens (tertiary/aromatic N) is 3. The molecule has 4 heterocycles. The molecule has 5 rings (SSSR count). The number of aromatic nitrogens is 4. The van der Waals surface area contributed by atoms with E-state index < -0.39 is 17.0 Å². The number of aryl methyl sites for hydroxylation is 1. The molecule has 7 nitrogen and oxygen atoms in total. The molecular formula is C23H23ClF2N6OS. The lowest BCUT2D eigenvalue weighted by atomic mass is 10.1. The van der Waals surface area contributed by atoms with Crippen LogP contribution in [0, 0.1) is 0 Å². The molecule has 1 aliphatic rings. The second-order valence-electron chi connectivity index (χ2n) is 8.56. The van der Waals surface area contributed by atoms with Crippen molar-refractivity contribution in [3.05, 3.63) is 50.9 Å². The summed E-state index contributed by atoms with van der Waals surface area (Å²) < 4.78 is 27.4. The van der Waals surface area contributed by atoms with Crippen molar-refractivity contribution in [1.82, 2.24) is 19.9 Å². The maximum atomic E-state index is 13.7. The molecule has 4 aromatic rings. The third kappa shape index (κ3) is 4.14. The molecule has 0 saturated carbocycles. The van der Waals surface area contributed by atoms with Gasteiger partial charge in [0.1, 0.15) is 11.5 Å². The lowest BCUT2D eigenvalue weighted by Crippen LogP contribution is -2.27. The Morgan fingerprint density at radius 3 is 2.76 bits per heavy atom. The molecule has 34 heavy (non-hydrogen) atoms. The number of nitrogens with one attached hydrogen (secondary N) is 2.